The molecule has 34 heavy (non-hydrogen) atoms. The third-order valence-corrected chi connectivity index (χ3v) is 8.11. The summed E-state index contributed by atoms with van der Waals surface area (Å²) >= 11 is 0. The minimum absolute atomic E-state index is 0.0514. The van der Waals surface area contributed by atoms with Crippen molar-refractivity contribution < 1.29 is 14.3 Å². The van der Waals surface area contributed by atoms with Gasteiger partial charge in [-0.05, 0) is 56.8 Å². The molecule has 0 aromatic carbocycles. The summed E-state index contributed by atoms with van der Waals surface area (Å²) in [5.41, 5.74) is -1.27. The highest BCUT2D eigenvalue weighted by molar-refractivity contribution is 5.79. The van der Waals surface area contributed by atoms with E-state index in [1.807, 2.05) is 6.92 Å². The smallest absolute Gasteiger partial charge is 0.330 e. The Morgan fingerprint density at radius 1 is 1.21 bits per heavy atom. The molecule has 0 saturated heterocycles. The lowest BCUT2D eigenvalue weighted by molar-refractivity contribution is -0.177. The first-order valence-electron chi connectivity index (χ1n) is 12.3. The maximum absolute atomic E-state index is 13.5. The van der Waals surface area contributed by atoms with Crippen LogP contribution in [0.2, 0.25) is 0 Å². The van der Waals surface area contributed by atoms with E-state index in [1.54, 1.807) is 11.6 Å². The van der Waals surface area contributed by atoms with Crippen LogP contribution in [-0.4, -0.2) is 36.5 Å². The number of hydrogen-bond donors (Lipinski definition) is 2. The van der Waals surface area contributed by atoms with Gasteiger partial charge in [0.15, 0.2) is 11.2 Å². The molecule has 184 valence electrons. The van der Waals surface area contributed by atoms with Gasteiger partial charge in [0.25, 0.3) is 5.56 Å². The molecule has 4 aliphatic carbocycles. The van der Waals surface area contributed by atoms with Crippen molar-refractivity contribution >= 4 is 23.0 Å². The number of H-pyrrole nitrogens is 1. The summed E-state index contributed by atoms with van der Waals surface area (Å²) in [6.07, 6.45) is 6.85. The summed E-state index contributed by atoms with van der Waals surface area (Å²) in [4.78, 5) is 57.1. The van der Waals surface area contributed by atoms with Crippen LogP contribution in [0.3, 0.4) is 0 Å². The molecule has 0 spiro atoms. The van der Waals surface area contributed by atoms with E-state index in [4.69, 9.17) is 4.74 Å². The van der Waals surface area contributed by atoms with Crippen molar-refractivity contribution in [2.75, 3.05) is 0 Å². The number of amides is 1. The molecule has 2 N–H and O–H groups in total. The predicted octanol–water partition coefficient (Wildman–Crippen LogP) is 1.74. The first-order chi connectivity index (χ1) is 16.2. The van der Waals surface area contributed by atoms with Gasteiger partial charge < -0.3 is 14.6 Å². The third kappa shape index (κ3) is 3.67. The number of hydrogen-bond acceptors (Lipinski definition) is 6. The Bertz CT molecular complexity index is 1260. The number of esters is 1. The predicted molar refractivity (Wildman–Crippen MR) is 124 cm³/mol. The summed E-state index contributed by atoms with van der Waals surface area (Å²) in [5.74, 6) is 0.960. The van der Waals surface area contributed by atoms with Crippen molar-refractivity contribution in [2.45, 2.75) is 83.9 Å². The Hall–Kier alpha value is -2.91. The van der Waals surface area contributed by atoms with Crippen LogP contribution in [-0.2, 0) is 34.5 Å². The Balaban J connectivity index is 1.40. The van der Waals surface area contributed by atoms with E-state index >= 15 is 0 Å². The van der Waals surface area contributed by atoms with Gasteiger partial charge >= 0.3 is 11.7 Å². The SMILES string of the molecule is CCCCn1c(=O)[nH]c(=O)c2c1nc(COC(=O)C13C[C@H]4C[C@@H](CC(NC(C)=O)(C4)C1)C3)n2C. The van der Waals surface area contributed by atoms with Crippen LogP contribution in [0.4, 0.5) is 0 Å². The van der Waals surface area contributed by atoms with E-state index in [-0.39, 0.29) is 24.0 Å². The zero-order valence-electron chi connectivity index (χ0n) is 20.1. The van der Waals surface area contributed by atoms with Crippen molar-refractivity contribution in [3.05, 3.63) is 26.7 Å². The number of nitrogens with zero attached hydrogens (tertiary/aromatic N) is 3. The Labute approximate surface area is 197 Å². The molecule has 4 aliphatic rings. The second-order valence-electron chi connectivity index (χ2n) is 10.8. The second kappa shape index (κ2) is 8.09. The van der Waals surface area contributed by atoms with Crippen LogP contribution in [0.25, 0.3) is 11.2 Å². The van der Waals surface area contributed by atoms with Gasteiger partial charge in [-0.2, -0.15) is 0 Å². The maximum atomic E-state index is 13.5. The van der Waals surface area contributed by atoms with E-state index in [1.165, 1.54) is 11.5 Å². The lowest BCUT2D eigenvalue weighted by Crippen LogP contribution is -2.64. The van der Waals surface area contributed by atoms with Gasteiger partial charge in [-0.3, -0.25) is 23.9 Å². The van der Waals surface area contributed by atoms with Crippen molar-refractivity contribution in [1.82, 2.24) is 24.4 Å². The number of nitrogens with one attached hydrogen (secondary N) is 2. The number of carbonyl (C=O) groups is 2. The minimum Gasteiger partial charge on any atom is -0.457 e. The van der Waals surface area contributed by atoms with Gasteiger partial charge in [0.05, 0.1) is 5.41 Å². The molecule has 1 amide bonds. The molecule has 4 fully saturated rings. The number of rotatable bonds is 7. The van der Waals surface area contributed by atoms with E-state index in [9.17, 15) is 19.2 Å². The third-order valence-electron chi connectivity index (χ3n) is 8.11. The topological polar surface area (TPSA) is 128 Å². The fraction of sp³-hybridized carbons (Fsp3) is 0.708. The number of aryl methyl sites for hydroxylation is 2. The molecule has 10 heteroatoms. The fourth-order valence-corrected chi connectivity index (χ4v) is 7.25. The fourth-order valence-electron chi connectivity index (χ4n) is 7.25. The first-order valence-corrected chi connectivity index (χ1v) is 12.3. The zero-order valence-corrected chi connectivity index (χ0v) is 20.1. The molecule has 0 unspecified atom stereocenters. The van der Waals surface area contributed by atoms with Crippen LogP contribution >= 0.6 is 0 Å². The summed E-state index contributed by atoms with van der Waals surface area (Å²) < 4.78 is 8.90. The molecule has 4 bridgehead atoms. The Morgan fingerprint density at radius 2 is 1.91 bits per heavy atom. The minimum atomic E-state index is -0.585. The number of imidazole rings is 1. The van der Waals surface area contributed by atoms with Gasteiger partial charge in [0.1, 0.15) is 12.4 Å². The summed E-state index contributed by atoms with van der Waals surface area (Å²) in [6.45, 7) is 3.94. The van der Waals surface area contributed by atoms with E-state index in [0.717, 1.165) is 44.9 Å². The van der Waals surface area contributed by atoms with Gasteiger partial charge in [-0.15, -0.1) is 0 Å². The summed E-state index contributed by atoms with van der Waals surface area (Å²) in [6, 6.07) is 0. The van der Waals surface area contributed by atoms with Crippen LogP contribution in [0.15, 0.2) is 9.59 Å². The number of fused-ring (bicyclic) bond motifs is 1. The zero-order chi connectivity index (χ0) is 24.3. The van der Waals surface area contributed by atoms with Gasteiger partial charge in [0.2, 0.25) is 5.91 Å². The number of unbranched alkanes of at least 4 members (excludes halogenated alkanes) is 1. The Morgan fingerprint density at radius 3 is 2.56 bits per heavy atom. The van der Waals surface area contributed by atoms with Crippen LogP contribution in [0.1, 0.15) is 71.0 Å². The van der Waals surface area contributed by atoms with Crippen molar-refractivity contribution in [3.63, 3.8) is 0 Å². The highest BCUT2D eigenvalue weighted by Gasteiger charge is 2.61. The molecule has 6 rings (SSSR count). The quantitative estimate of drug-likeness (QED) is 0.592. The lowest BCUT2D eigenvalue weighted by Gasteiger charge is -2.60. The van der Waals surface area contributed by atoms with E-state index in [0.29, 0.717) is 41.8 Å². The molecule has 10 nitrogen and oxygen atoms in total. The van der Waals surface area contributed by atoms with E-state index in [2.05, 4.69) is 15.3 Å². The van der Waals surface area contributed by atoms with Gasteiger partial charge in [-0.25, -0.2) is 9.78 Å². The summed E-state index contributed by atoms with van der Waals surface area (Å²) in [5, 5.41) is 3.17. The molecule has 0 aliphatic heterocycles. The van der Waals surface area contributed by atoms with Crippen molar-refractivity contribution in [1.29, 1.82) is 0 Å². The highest BCUT2D eigenvalue weighted by Crippen LogP contribution is 2.62. The van der Waals surface area contributed by atoms with Crippen LogP contribution in [0, 0.1) is 17.3 Å². The first kappa shape index (κ1) is 22.9. The number of aromatic amines is 1. The summed E-state index contributed by atoms with van der Waals surface area (Å²) in [7, 11) is 1.69. The monoisotopic (exact) mass is 471 g/mol. The largest absolute Gasteiger partial charge is 0.457 e. The average molecular weight is 472 g/mol. The highest BCUT2D eigenvalue weighted by atomic mass is 16.5. The molecule has 4 saturated carbocycles. The van der Waals surface area contributed by atoms with Crippen molar-refractivity contribution in [2.24, 2.45) is 24.3 Å². The molecular formula is C24H33N5O5. The number of aromatic nitrogens is 4. The normalized spacial score (nSPS) is 29.5. The molecule has 2 aromatic rings. The molecule has 2 atom stereocenters. The molecular weight excluding hydrogens is 438 g/mol. The van der Waals surface area contributed by atoms with Crippen LogP contribution < -0.4 is 16.6 Å². The standard InChI is InChI=1S/C24H33N5O5/c1-4-5-6-29-19-18(20(31)26-22(29)33)28(3)17(25-19)12-34-21(32)23-8-15-7-16(9-23)11-24(10-15,13-23)27-14(2)30/h15-16H,4-13H2,1-3H3,(H,27,30)(H,26,31,33)/t15-,16-,23?,24?/m1/s1. The molecule has 2 heterocycles. The number of ether oxygens (including phenoxy) is 1. The maximum Gasteiger partial charge on any atom is 0.330 e. The van der Waals surface area contributed by atoms with Crippen LogP contribution in [0.5, 0.6) is 0 Å². The second-order valence-corrected chi connectivity index (χ2v) is 10.8. The number of carbonyl (C=O) groups excluding carboxylic acids is 2. The molecule has 0 radical (unpaired) electrons. The van der Waals surface area contributed by atoms with E-state index < -0.39 is 16.7 Å². The average Bonchev–Trinajstić information content (AvgIpc) is 3.06. The molecule has 2 aromatic heterocycles. The van der Waals surface area contributed by atoms with Gasteiger partial charge in [-0.1, -0.05) is 13.3 Å². The lowest BCUT2D eigenvalue weighted by atomic mass is 9.47. The van der Waals surface area contributed by atoms with Crippen molar-refractivity contribution in [3.8, 4) is 0 Å². The Kier molecular flexibility index (Phi) is 5.44. The van der Waals surface area contributed by atoms with Gasteiger partial charge in [0, 0.05) is 26.1 Å².